The Morgan fingerprint density at radius 3 is 2.47 bits per heavy atom. The van der Waals surface area contributed by atoms with Crippen LogP contribution >= 0.6 is 11.8 Å². The Balaban J connectivity index is 0.000000325. The summed E-state index contributed by atoms with van der Waals surface area (Å²) in [5.74, 6) is -0.517. The molecule has 1 unspecified atom stereocenters. The van der Waals surface area contributed by atoms with Crippen molar-refractivity contribution in [3.63, 3.8) is 0 Å². The third-order valence-electron chi connectivity index (χ3n) is 5.87. The predicted octanol–water partition coefficient (Wildman–Crippen LogP) is 3.36. The minimum Gasteiger partial charge on any atom is -0.399 e. The van der Waals surface area contributed by atoms with Crippen LogP contribution in [-0.4, -0.2) is 34.9 Å². The molecule has 2 aliphatic heterocycles. The maximum absolute atomic E-state index is 12.6. The van der Waals surface area contributed by atoms with Crippen LogP contribution in [0.15, 0.2) is 83.7 Å². The number of hydrogen-bond acceptors (Lipinski definition) is 7. The van der Waals surface area contributed by atoms with E-state index in [1.54, 1.807) is 41.6 Å². The van der Waals surface area contributed by atoms with Crippen LogP contribution in [0, 0.1) is 6.92 Å². The fourth-order valence-corrected chi connectivity index (χ4v) is 5.38. The molecule has 0 spiro atoms. The Kier molecular flexibility index (Phi) is 7.35. The molecule has 0 aliphatic carbocycles. The molecule has 0 radical (unpaired) electrons. The van der Waals surface area contributed by atoms with Gasteiger partial charge in [-0.1, -0.05) is 47.7 Å². The van der Waals surface area contributed by atoms with Crippen molar-refractivity contribution in [2.24, 2.45) is 5.73 Å². The van der Waals surface area contributed by atoms with Gasteiger partial charge in [0.25, 0.3) is 5.91 Å². The molecule has 3 aromatic rings. The van der Waals surface area contributed by atoms with Gasteiger partial charge in [-0.3, -0.25) is 9.78 Å². The lowest BCUT2D eigenvalue weighted by molar-refractivity contribution is -0.121. The number of rotatable bonds is 3. The molecule has 9 nitrogen and oxygen atoms in total. The first-order valence-corrected chi connectivity index (χ1v) is 12.2. The monoisotopic (exact) mass is 503 g/mol. The summed E-state index contributed by atoms with van der Waals surface area (Å²) in [4.78, 5) is 30.5. The number of hydrogen-bond donors (Lipinski definition) is 5. The highest BCUT2D eigenvalue weighted by Gasteiger charge is 2.48. The number of nitrogens with two attached hydrogens (primary N) is 3. The number of amides is 3. The number of nitrogens with one attached hydrogen (secondary N) is 2. The first-order chi connectivity index (χ1) is 17.3. The predicted molar refractivity (Wildman–Crippen MR) is 145 cm³/mol. The smallest absolute Gasteiger partial charge is 0.322 e. The zero-order chi connectivity index (χ0) is 25.7. The van der Waals surface area contributed by atoms with Crippen molar-refractivity contribution >= 4 is 40.8 Å². The quantitative estimate of drug-likeness (QED) is 0.344. The van der Waals surface area contributed by atoms with Crippen LogP contribution in [0.3, 0.4) is 0 Å². The number of nitrogens with zero attached hydrogens (tertiary/aromatic N) is 2. The lowest BCUT2D eigenvalue weighted by Crippen LogP contribution is -2.47. The highest BCUT2D eigenvalue weighted by atomic mass is 32.2. The van der Waals surface area contributed by atoms with Crippen molar-refractivity contribution in [2.75, 3.05) is 29.9 Å². The van der Waals surface area contributed by atoms with Crippen LogP contribution in [0.4, 0.5) is 21.9 Å². The number of carbonyl (C=O) groups is 2. The highest BCUT2D eigenvalue weighted by molar-refractivity contribution is 8.05. The molecule has 10 heteroatoms. The average molecular weight is 504 g/mol. The molecule has 0 saturated heterocycles. The number of urea groups is 1. The summed E-state index contributed by atoms with van der Waals surface area (Å²) in [6, 6.07) is 18.3. The summed E-state index contributed by atoms with van der Waals surface area (Å²) in [5.41, 5.74) is 22.1. The molecule has 186 valence electrons. The number of primary amides is 1. The van der Waals surface area contributed by atoms with Crippen molar-refractivity contribution in [2.45, 2.75) is 18.2 Å². The van der Waals surface area contributed by atoms with E-state index in [0.29, 0.717) is 36.4 Å². The molecule has 5 rings (SSSR count). The zero-order valence-electron chi connectivity index (χ0n) is 19.9. The molecule has 3 amide bonds. The van der Waals surface area contributed by atoms with Crippen LogP contribution in [0.1, 0.15) is 17.5 Å². The SMILES string of the molecule is Cc1ccc(N)cc1.NC(=O)C1(c2ccccc2N)NC2=C(CN(C(=O)Nc3cccnc3)CC2)S1. The Morgan fingerprint density at radius 2 is 1.83 bits per heavy atom. The maximum atomic E-state index is 12.6. The largest absolute Gasteiger partial charge is 0.399 e. The lowest BCUT2D eigenvalue weighted by Gasteiger charge is -2.28. The molecule has 0 fully saturated rings. The summed E-state index contributed by atoms with van der Waals surface area (Å²) in [6.07, 6.45) is 3.84. The Hall–Kier alpha value is -4.18. The third-order valence-corrected chi connectivity index (χ3v) is 7.32. The Bertz CT molecular complexity index is 1260. The second-order valence-electron chi connectivity index (χ2n) is 8.52. The fraction of sp³-hybridized carbons (Fsp3) is 0.192. The van der Waals surface area contributed by atoms with Crippen LogP contribution in [-0.2, 0) is 9.67 Å². The molecule has 3 heterocycles. The molecule has 1 aromatic heterocycles. The number of anilines is 3. The number of carbonyl (C=O) groups excluding carboxylic acids is 2. The van der Waals surface area contributed by atoms with E-state index in [4.69, 9.17) is 17.2 Å². The number of pyridine rings is 1. The van der Waals surface area contributed by atoms with Gasteiger partial charge in [-0.2, -0.15) is 0 Å². The van der Waals surface area contributed by atoms with E-state index in [-0.39, 0.29) is 6.03 Å². The van der Waals surface area contributed by atoms with Gasteiger partial charge in [0.1, 0.15) is 0 Å². The Morgan fingerprint density at radius 1 is 1.08 bits per heavy atom. The number of aromatic nitrogens is 1. The standard InChI is InChI=1S/C19H20N6O2S.C7H9N/c20-14-6-2-1-5-13(14)19(17(21)26)24-15-7-9-25(11-16(15)28-19)18(27)23-12-4-3-8-22-10-12;1-6-2-4-7(8)5-3-6/h1-6,8,10,24H,7,9,11,20H2,(H2,21,26)(H,23,27);2-5H,8H2,1H3. The molecule has 0 saturated carbocycles. The van der Waals surface area contributed by atoms with Gasteiger partial charge in [-0.25, -0.2) is 4.79 Å². The average Bonchev–Trinajstić information content (AvgIpc) is 3.27. The summed E-state index contributed by atoms with van der Waals surface area (Å²) in [6.45, 7) is 2.96. The normalized spacial score (nSPS) is 18.4. The summed E-state index contributed by atoms with van der Waals surface area (Å²) >= 11 is 1.32. The van der Waals surface area contributed by atoms with Crippen molar-refractivity contribution in [3.8, 4) is 0 Å². The number of aryl methyl sites for hydroxylation is 1. The van der Waals surface area contributed by atoms with E-state index in [9.17, 15) is 9.59 Å². The lowest BCUT2D eigenvalue weighted by atomic mass is 10.0. The molecule has 36 heavy (non-hydrogen) atoms. The molecular weight excluding hydrogens is 474 g/mol. The second kappa shape index (κ2) is 10.6. The maximum Gasteiger partial charge on any atom is 0.322 e. The van der Waals surface area contributed by atoms with Gasteiger partial charge in [0.05, 0.1) is 18.4 Å². The van der Waals surface area contributed by atoms with Crippen LogP contribution in [0.2, 0.25) is 0 Å². The molecule has 2 aliphatic rings. The van der Waals surface area contributed by atoms with Crippen molar-refractivity contribution < 1.29 is 9.59 Å². The van der Waals surface area contributed by atoms with E-state index in [0.717, 1.165) is 16.3 Å². The van der Waals surface area contributed by atoms with Crippen LogP contribution in [0.5, 0.6) is 0 Å². The summed E-state index contributed by atoms with van der Waals surface area (Å²) in [7, 11) is 0. The van der Waals surface area contributed by atoms with Crippen molar-refractivity contribution in [3.05, 3.63) is 94.8 Å². The molecule has 1 atom stereocenters. The van der Waals surface area contributed by atoms with E-state index in [1.807, 2.05) is 43.3 Å². The number of thioether (sulfide) groups is 1. The zero-order valence-corrected chi connectivity index (χ0v) is 20.7. The van der Waals surface area contributed by atoms with Crippen molar-refractivity contribution in [1.82, 2.24) is 15.2 Å². The van der Waals surface area contributed by atoms with Gasteiger partial charge in [0.15, 0.2) is 4.87 Å². The van der Waals surface area contributed by atoms with Gasteiger partial charge < -0.3 is 32.7 Å². The molecule has 2 aromatic carbocycles. The molecular formula is C26H29N7O2S. The summed E-state index contributed by atoms with van der Waals surface area (Å²) in [5, 5.41) is 6.13. The topological polar surface area (TPSA) is 152 Å². The van der Waals surface area contributed by atoms with Crippen LogP contribution < -0.4 is 27.8 Å². The Labute approximate surface area is 214 Å². The number of benzene rings is 2. The van der Waals surface area contributed by atoms with E-state index in [1.165, 1.54) is 17.3 Å². The van der Waals surface area contributed by atoms with E-state index < -0.39 is 10.8 Å². The fourth-order valence-electron chi connectivity index (χ4n) is 3.95. The van der Waals surface area contributed by atoms with Gasteiger partial charge in [-0.15, -0.1) is 0 Å². The van der Waals surface area contributed by atoms with Gasteiger partial charge >= 0.3 is 6.03 Å². The molecule has 8 N–H and O–H groups in total. The summed E-state index contributed by atoms with van der Waals surface area (Å²) < 4.78 is 0. The molecule has 0 bridgehead atoms. The van der Waals surface area contributed by atoms with Gasteiger partial charge in [0, 0.05) is 46.7 Å². The first kappa shape index (κ1) is 24.9. The number of nitrogen functional groups attached to an aromatic ring is 2. The van der Waals surface area contributed by atoms with Gasteiger partial charge in [-0.05, 0) is 37.3 Å². The van der Waals surface area contributed by atoms with E-state index >= 15 is 0 Å². The van der Waals surface area contributed by atoms with Gasteiger partial charge in [0.2, 0.25) is 0 Å². The minimum absolute atomic E-state index is 0.212. The minimum atomic E-state index is -1.16. The highest BCUT2D eigenvalue weighted by Crippen LogP contribution is 2.49. The first-order valence-electron chi connectivity index (χ1n) is 11.4. The van der Waals surface area contributed by atoms with Crippen LogP contribution in [0.25, 0.3) is 0 Å². The number of para-hydroxylation sites is 1. The third kappa shape index (κ3) is 5.38. The van der Waals surface area contributed by atoms with Crippen molar-refractivity contribution in [1.29, 1.82) is 0 Å². The van der Waals surface area contributed by atoms with E-state index in [2.05, 4.69) is 15.6 Å². The second-order valence-corrected chi connectivity index (χ2v) is 9.82.